The number of rotatable bonds is 11. The fourth-order valence-corrected chi connectivity index (χ4v) is 3.91. The predicted octanol–water partition coefficient (Wildman–Crippen LogP) is 1.66. The SMILES string of the molecule is CCC(C)/C=C/C(O)C(O)[C@@H](O)[C@@H](OC)C(=O)N[C@H]1CCCCN(Cc2cc(F)cc(F)c2)C1=O. The van der Waals surface area contributed by atoms with Crippen LogP contribution in [-0.2, 0) is 20.9 Å². The molecule has 35 heavy (non-hydrogen) atoms. The fraction of sp³-hybridized carbons (Fsp3) is 0.600. The molecule has 1 fully saturated rings. The lowest BCUT2D eigenvalue weighted by molar-refractivity contribution is -0.151. The standard InChI is InChI=1S/C25H36F2N2O6/c1-4-15(2)8-9-20(30)21(31)22(32)23(35-3)24(33)28-19-7-5-6-10-29(25(19)34)14-16-11-17(26)13-18(27)12-16/h8-9,11-13,15,19-23,30-32H,4-7,10,14H2,1-3H3,(H,28,33)/b9-8+/t15?,19-,20?,21?,22+,23+/m0/s1. The van der Waals surface area contributed by atoms with E-state index in [-0.39, 0.29) is 18.0 Å². The zero-order valence-electron chi connectivity index (χ0n) is 20.4. The summed E-state index contributed by atoms with van der Waals surface area (Å²) in [4.78, 5) is 27.4. The zero-order chi connectivity index (χ0) is 26.1. The number of carbonyl (C=O) groups is 2. The van der Waals surface area contributed by atoms with Crippen molar-refractivity contribution in [3.05, 3.63) is 47.5 Å². The van der Waals surface area contributed by atoms with Gasteiger partial charge in [0.05, 0.1) is 0 Å². The Bertz CT molecular complexity index is 863. The number of hydrogen-bond donors (Lipinski definition) is 4. The Balaban J connectivity index is 2.07. The largest absolute Gasteiger partial charge is 0.387 e. The summed E-state index contributed by atoms with van der Waals surface area (Å²) in [5.74, 6) is -2.59. The molecule has 2 amide bonds. The maximum absolute atomic E-state index is 13.6. The molecular weight excluding hydrogens is 462 g/mol. The van der Waals surface area contributed by atoms with Gasteiger partial charge in [-0.05, 0) is 42.9 Å². The first-order valence-electron chi connectivity index (χ1n) is 11.9. The number of amides is 2. The first-order chi connectivity index (χ1) is 16.6. The summed E-state index contributed by atoms with van der Waals surface area (Å²) in [7, 11) is 1.17. The van der Waals surface area contributed by atoms with E-state index in [2.05, 4.69) is 5.32 Å². The molecule has 4 N–H and O–H groups in total. The highest BCUT2D eigenvalue weighted by molar-refractivity contribution is 5.89. The third-order valence-electron chi connectivity index (χ3n) is 6.20. The lowest BCUT2D eigenvalue weighted by Crippen LogP contribution is -2.55. The van der Waals surface area contributed by atoms with Crippen LogP contribution in [0.4, 0.5) is 8.78 Å². The molecule has 0 bridgehead atoms. The maximum atomic E-state index is 13.6. The number of hydrogen-bond acceptors (Lipinski definition) is 6. The summed E-state index contributed by atoms with van der Waals surface area (Å²) in [6, 6.07) is 2.10. The summed E-state index contributed by atoms with van der Waals surface area (Å²) in [6.07, 6.45) is -0.963. The third kappa shape index (κ3) is 8.34. The van der Waals surface area contributed by atoms with Crippen molar-refractivity contribution in [1.82, 2.24) is 10.2 Å². The molecule has 3 unspecified atom stereocenters. The van der Waals surface area contributed by atoms with Gasteiger partial charge < -0.3 is 30.3 Å². The van der Waals surface area contributed by atoms with Crippen molar-refractivity contribution in [3.63, 3.8) is 0 Å². The van der Waals surface area contributed by atoms with Gasteiger partial charge in [0.15, 0.2) is 6.10 Å². The molecule has 10 heteroatoms. The van der Waals surface area contributed by atoms with E-state index in [0.717, 1.165) is 24.6 Å². The predicted molar refractivity (Wildman–Crippen MR) is 125 cm³/mol. The minimum Gasteiger partial charge on any atom is -0.387 e. The van der Waals surface area contributed by atoms with Crippen molar-refractivity contribution in [3.8, 4) is 0 Å². The number of likely N-dealkylation sites (tertiary alicyclic amines) is 1. The van der Waals surface area contributed by atoms with Crippen LogP contribution in [-0.4, -0.2) is 76.1 Å². The average Bonchev–Trinajstić information content (AvgIpc) is 2.97. The molecule has 0 radical (unpaired) electrons. The lowest BCUT2D eigenvalue weighted by atomic mass is 9.99. The summed E-state index contributed by atoms with van der Waals surface area (Å²) in [5.41, 5.74) is 0.288. The van der Waals surface area contributed by atoms with E-state index >= 15 is 0 Å². The Kier molecular flexibility index (Phi) is 11.2. The van der Waals surface area contributed by atoms with Gasteiger partial charge >= 0.3 is 0 Å². The average molecular weight is 499 g/mol. The molecule has 8 nitrogen and oxygen atoms in total. The van der Waals surface area contributed by atoms with E-state index in [1.807, 2.05) is 13.8 Å². The van der Waals surface area contributed by atoms with Crippen molar-refractivity contribution in [1.29, 1.82) is 0 Å². The zero-order valence-corrected chi connectivity index (χ0v) is 20.4. The van der Waals surface area contributed by atoms with Crippen LogP contribution in [0, 0.1) is 17.6 Å². The maximum Gasteiger partial charge on any atom is 0.252 e. The molecule has 1 aromatic rings. The molecule has 1 aliphatic rings. The van der Waals surface area contributed by atoms with Crippen LogP contribution in [0.2, 0.25) is 0 Å². The highest BCUT2D eigenvalue weighted by atomic mass is 19.1. The second-order valence-corrected chi connectivity index (χ2v) is 8.99. The quantitative estimate of drug-likeness (QED) is 0.345. The summed E-state index contributed by atoms with van der Waals surface area (Å²) in [5, 5.41) is 33.6. The van der Waals surface area contributed by atoms with E-state index in [1.54, 1.807) is 6.08 Å². The molecule has 1 saturated heterocycles. The normalized spacial score (nSPS) is 21.3. The Morgan fingerprint density at radius 1 is 1.17 bits per heavy atom. The number of ether oxygens (including phenoxy) is 1. The lowest BCUT2D eigenvalue weighted by Gasteiger charge is -2.29. The van der Waals surface area contributed by atoms with Crippen LogP contribution < -0.4 is 5.32 Å². The second kappa shape index (κ2) is 13.6. The Morgan fingerprint density at radius 3 is 2.43 bits per heavy atom. The van der Waals surface area contributed by atoms with E-state index in [0.29, 0.717) is 25.8 Å². The highest BCUT2D eigenvalue weighted by Gasteiger charge is 2.37. The van der Waals surface area contributed by atoms with Gasteiger partial charge in [0.2, 0.25) is 5.91 Å². The van der Waals surface area contributed by atoms with Gasteiger partial charge in [0, 0.05) is 26.3 Å². The van der Waals surface area contributed by atoms with E-state index in [1.165, 1.54) is 18.1 Å². The molecular formula is C25H36F2N2O6. The minimum absolute atomic E-state index is 0.0242. The molecule has 1 heterocycles. The van der Waals surface area contributed by atoms with E-state index in [4.69, 9.17) is 4.74 Å². The summed E-state index contributed by atoms with van der Waals surface area (Å²) >= 11 is 0. The molecule has 1 aromatic carbocycles. The number of carbonyl (C=O) groups excluding carboxylic acids is 2. The highest BCUT2D eigenvalue weighted by Crippen LogP contribution is 2.18. The summed E-state index contributed by atoms with van der Waals surface area (Å²) in [6.45, 7) is 4.22. The fourth-order valence-electron chi connectivity index (χ4n) is 3.91. The van der Waals surface area contributed by atoms with Crippen LogP contribution in [0.3, 0.4) is 0 Å². The van der Waals surface area contributed by atoms with Gasteiger partial charge in [-0.2, -0.15) is 0 Å². The number of aliphatic hydroxyl groups excluding tert-OH is 3. The molecule has 0 aromatic heterocycles. The smallest absolute Gasteiger partial charge is 0.252 e. The molecule has 0 saturated carbocycles. The number of halogens is 2. The van der Waals surface area contributed by atoms with E-state index in [9.17, 15) is 33.7 Å². The van der Waals surface area contributed by atoms with E-state index < -0.39 is 53.9 Å². The van der Waals surface area contributed by atoms with Gasteiger partial charge in [-0.15, -0.1) is 0 Å². The first kappa shape index (κ1) is 28.8. The van der Waals surface area contributed by atoms with Crippen molar-refractivity contribution < 1.29 is 38.4 Å². The summed E-state index contributed by atoms with van der Waals surface area (Å²) < 4.78 is 32.2. The minimum atomic E-state index is -1.76. The second-order valence-electron chi connectivity index (χ2n) is 8.99. The number of allylic oxidation sites excluding steroid dienone is 1. The molecule has 0 spiro atoms. The van der Waals surface area contributed by atoms with Gasteiger partial charge in [-0.3, -0.25) is 9.59 Å². The number of nitrogens with zero attached hydrogens (tertiary/aromatic N) is 1. The van der Waals surface area contributed by atoms with Crippen molar-refractivity contribution in [2.45, 2.75) is 76.5 Å². The van der Waals surface area contributed by atoms with Crippen LogP contribution in [0.15, 0.2) is 30.4 Å². The van der Waals surface area contributed by atoms with Gasteiger partial charge in [0.1, 0.15) is 36.0 Å². The molecule has 1 aliphatic heterocycles. The monoisotopic (exact) mass is 498 g/mol. The van der Waals surface area contributed by atoms with Crippen LogP contribution in [0.5, 0.6) is 0 Å². The number of aliphatic hydroxyl groups is 3. The van der Waals surface area contributed by atoms with Crippen LogP contribution in [0.25, 0.3) is 0 Å². The molecule has 0 aliphatic carbocycles. The van der Waals surface area contributed by atoms with Crippen molar-refractivity contribution in [2.75, 3.05) is 13.7 Å². The Hall–Kier alpha value is -2.40. The van der Waals surface area contributed by atoms with Crippen LogP contribution in [0.1, 0.15) is 45.1 Å². The van der Waals surface area contributed by atoms with Gasteiger partial charge in [-0.1, -0.05) is 32.4 Å². The molecule has 2 rings (SSSR count). The number of nitrogens with one attached hydrogen (secondary N) is 1. The topological polar surface area (TPSA) is 119 Å². The van der Waals surface area contributed by atoms with Gasteiger partial charge in [0.25, 0.3) is 5.91 Å². The van der Waals surface area contributed by atoms with Crippen molar-refractivity contribution in [2.24, 2.45) is 5.92 Å². The molecule has 6 atom stereocenters. The molecule has 196 valence electrons. The van der Waals surface area contributed by atoms with Crippen molar-refractivity contribution >= 4 is 11.8 Å². The van der Waals surface area contributed by atoms with Crippen LogP contribution >= 0.6 is 0 Å². The van der Waals surface area contributed by atoms with Gasteiger partial charge in [-0.25, -0.2) is 8.78 Å². The first-order valence-corrected chi connectivity index (χ1v) is 11.9. The number of methoxy groups -OCH3 is 1. The Morgan fingerprint density at radius 2 is 1.83 bits per heavy atom. The third-order valence-corrected chi connectivity index (χ3v) is 6.20. The Labute approximate surface area is 204 Å². The number of benzene rings is 1.